The zero-order chi connectivity index (χ0) is 10.1. The highest BCUT2D eigenvalue weighted by Crippen LogP contribution is 2.26. The normalized spacial score (nSPS) is 10.5. The SMILES string of the molecule is Cc1nnc(-c2ccc(Br)c(C)c2)s1. The fourth-order valence-corrected chi connectivity index (χ4v) is 2.13. The molecule has 0 fully saturated rings. The number of rotatable bonds is 1. The fraction of sp³-hybridized carbons (Fsp3) is 0.200. The average molecular weight is 269 g/mol. The van der Waals surface area contributed by atoms with Crippen molar-refractivity contribution in [3.8, 4) is 10.6 Å². The third-order valence-electron chi connectivity index (χ3n) is 1.93. The Morgan fingerprint density at radius 3 is 2.57 bits per heavy atom. The van der Waals surface area contributed by atoms with E-state index in [1.807, 2.05) is 13.0 Å². The monoisotopic (exact) mass is 268 g/mol. The number of halogens is 1. The van der Waals surface area contributed by atoms with Crippen molar-refractivity contribution in [2.45, 2.75) is 13.8 Å². The zero-order valence-electron chi connectivity index (χ0n) is 7.91. The van der Waals surface area contributed by atoms with Gasteiger partial charge in [0.1, 0.15) is 10.0 Å². The van der Waals surface area contributed by atoms with Gasteiger partial charge in [0.2, 0.25) is 0 Å². The summed E-state index contributed by atoms with van der Waals surface area (Å²) in [6.45, 7) is 4.04. The van der Waals surface area contributed by atoms with Crippen LogP contribution in [0.25, 0.3) is 10.6 Å². The molecule has 0 N–H and O–H groups in total. The van der Waals surface area contributed by atoms with E-state index in [9.17, 15) is 0 Å². The third-order valence-corrected chi connectivity index (χ3v) is 3.71. The van der Waals surface area contributed by atoms with Gasteiger partial charge < -0.3 is 0 Å². The Balaban J connectivity index is 2.47. The smallest absolute Gasteiger partial charge is 0.143 e. The summed E-state index contributed by atoms with van der Waals surface area (Å²) < 4.78 is 1.13. The zero-order valence-corrected chi connectivity index (χ0v) is 10.3. The van der Waals surface area contributed by atoms with Crippen LogP contribution in [0.2, 0.25) is 0 Å². The number of benzene rings is 1. The molecular formula is C10H9BrN2S. The highest BCUT2D eigenvalue weighted by Gasteiger charge is 2.04. The molecule has 0 saturated heterocycles. The molecule has 1 aromatic carbocycles. The Hall–Kier alpha value is -0.740. The van der Waals surface area contributed by atoms with Gasteiger partial charge in [-0.2, -0.15) is 0 Å². The highest BCUT2D eigenvalue weighted by molar-refractivity contribution is 9.10. The first kappa shape index (κ1) is 9.80. The van der Waals surface area contributed by atoms with E-state index in [0.29, 0.717) is 0 Å². The number of nitrogens with zero attached hydrogens (tertiary/aromatic N) is 2. The predicted molar refractivity (Wildman–Crippen MR) is 62.5 cm³/mol. The lowest BCUT2D eigenvalue weighted by molar-refractivity contribution is 1.05. The summed E-state index contributed by atoms with van der Waals surface area (Å²) in [5.41, 5.74) is 2.35. The van der Waals surface area contributed by atoms with Crippen LogP contribution < -0.4 is 0 Å². The molecule has 0 amide bonds. The van der Waals surface area contributed by atoms with Crippen LogP contribution >= 0.6 is 27.3 Å². The Morgan fingerprint density at radius 2 is 2.00 bits per heavy atom. The number of aryl methyl sites for hydroxylation is 2. The summed E-state index contributed by atoms with van der Waals surface area (Å²) in [4.78, 5) is 0. The maximum atomic E-state index is 4.11. The first-order chi connectivity index (χ1) is 6.66. The largest absolute Gasteiger partial charge is 0.147 e. The van der Waals surface area contributed by atoms with Crippen LogP contribution in [-0.4, -0.2) is 10.2 Å². The Kier molecular flexibility index (Phi) is 2.65. The number of aromatic nitrogens is 2. The minimum Gasteiger partial charge on any atom is -0.143 e. The van der Waals surface area contributed by atoms with Gasteiger partial charge in [0.25, 0.3) is 0 Å². The Morgan fingerprint density at radius 1 is 1.21 bits per heavy atom. The molecule has 0 bridgehead atoms. The highest BCUT2D eigenvalue weighted by atomic mass is 79.9. The maximum Gasteiger partial charge on any atom is 0.147 e. The molecule has 2 rings (SSSR count). The lowest BCUT2D eigenvalue weighted by Crippen LogP contribution is -1.80. The fourth-order valence-electron chi connectivity index (χ4n) is 1.19. The molecular weight excluding hydrogens is 260 g/mol. The predicted octanol–water partition coefficient (Wildman–Crippen LogP) is 3.58. The van der Waals surface area contributed by atoms with Crippen molar-refractivity contribution in [1.82, 2.24) is 10.2 Å². The van der Waals surface area contributed by atoms with Gasteiger partial charge >= 0.3 is 0 Å². The summed E-state index contributed by atoms with van der Waals surface area (Å²) in [5.74, 6) is 0. The molecule has 0 aliphatic carbocycles. The first-order valence-electron chi connectivity index (χ1n) is 4.23. The van der Waals surface area contributed by atoms with E-state index in [1.165, 1.54) is 5.56 Å². The van der Waals surface area contributed by atoms with Crippen molar-refractivity contribution < 1.29 is 0 Å². The molecule has 4 heteroatoms. The molecule has 0 radical (unpaired) electrons. The van der Waals surface area contributed by atoms with Gasteiger partial charge in [-0.1, -0.05) is 33.3 Å². The van der Waals surface area contributed by atoms with Crippen LogP contribution in [0, 0.1) is 13.8 Å². The lowest BCUT2D eigenvalue weighted by atomic mass is 10.1. The van der Waals surface area contributed by atoms with Crippen LogP contribution in [0.1, 0.15) is 10.6 Å². The van der Waals surface area contributed by atoms with Crippen molar-refractivity contribution in [2.75, 3.05) is 0 Å². The molecule has 2 aromatic rings. The quantitative estimate of drug-likeness (QED) is 0.790. The van der Waals surface area contributed by atoms with Crippen molar-refractivity contribution in [1.29, 1.82) is 0 Å². The van der Waals surface area contributed by atoms with E-state index in [-0.39, 0.29) is 0 Å². The second-order valence-electron chi connectivity index (χ2n) is 3.09. The lowest BCUT2D eigenvalue weighted by Gasteiger charge is -1.99. The summed E-state index contributed by atoms with van der Waals surface area (Å²) >= 11 is 5.09. The summed E-state index contributed by atoms with van der Waals surface area (Å²) in [7, 11) is 0. The second-order valence-corrected chi connectivity index (χ2v) is 5.13. The van der Waals surface area contributed by atoms with Crippen LogP contribution in [0.3, 0.4) is 0 Å². The van der Waals surface area contributed by atoms with Crippen LogP contribution in [0.5, 0.6) is 0 Å². The number of hydrogen-bond acceptors (Lipinski definition) is 3. The molecule has 0 spiro atoms. The van der Waals surface area contributed by atoms with Gasteiger partial charge in [0, 0.05) is 10.0 Å². The number of hydrogen-bond donors (Lipinski definition) is 0. The average Bonchev–Trinajstić information content (AvgIpc) is 2.57. The summed E-state index contributed by atoms with van der Waals surface area (Å²) in [6.07, 6.45) is 0. The van der Waals surface area contributed by atoms with E-state index in [1.54, 1.807) is 11.3 Å². The van der Waals surface area contributed by atoms with Crippen LogP contribution in [0.15, 0.2) is 22.7 Å². The minimum absolute atomic E-state index is 0.984. The molecule has 1 heterocycles. The van der Waals surface area contributed by atoms with E-state index < -0.39 is 0 Å². The molecule has 0 aliphatic rings. The van der Waals surface area contributed by atoms with Crippen molar-refractivity contribution >= 4 is 27.3 Å². The van der Waals surface area contributed by atoms with E-state index in [0.717, 1.165) is 20.1 Å². The third kappa shape index (κ3) is 1.86. The second kappa shape index (κ2) is 3.79. The van der Waals surface area contributed by atoms with Crippen molar-refractivity contribution in [2.24, 2.45) is 0 Å². The standard InChI is InChI=1S/C10H9BrN2S/c1-6-5-8(3-4-9(6)11)10-13-12-7(2)14-10/h3-5H,1-2H3. The topological polar surface area (TPSA) is 25.8 Å². The van der Waals surface area contributed by atoms with Crippen LogP contribution in [0.4, 0.5) is 0 Å². The molecule has 2 nitrogen and oxygen atoms in total. The van der Waals surface area contributed by atoms with Gasteiger partial charge in [-0.3, -0.25) is 0 Å². The molecule has 0 aliphatic heterocycles. The molecule has 0 unspecified atom stereocenters. The molecule has 1 aromatic heterocycles. The van der Waals surface area contributed by atoms with Crippen LogP contribution in [-0.2, 0) is 0 Å². The van der Waals surface area contributed by atoms with E-state index in [4.69, 9.17) is 0 Å². The Bertz CT molecular complexity index is 465. The molecule has 14 heavy (non-hydrogen) atoms. The van der Waals surface area contributed by atoms with Gasteiger partial charge in [-0.05, 0) is 31.5 Å². The molecule has 0 saturated carbocycles. The van der Waals surface area contributed by atoms with Gasteiger partial charge in [-0.15, -0.1) is 10.2 Å². The molecule has 0 atom stereocenters. The summed E-state index contributed by atoms with van der Waals surface area (Å²) in [6, 6.07) is 6.21. The minimum atomic E-state index is 0.984. The Labute approximate surface area is 95.1 Å². The van der Waals surface area contributed by atoms with Gasteiger partial charge in [0.05, 0.1) is 0 Å². The van der Waals surface area contributed by atoms with Crippen molar-refractivity contribution in [3.05, 3.63) is 33.2 Å². The van der Waals surface area contributed by atoms with E-state index >= 15 is 0 Å². The van der Waals surface area contributed by atoms with Gasteiger partial charge in [0.15, 0.2) is 0 Å². The summed E-state index contributed by atoms with van der Waals surface area (Å²) in [5, 5.41) is 10.1. The molecule has 72 valence electrons. The first-order valence-corrected chi connectivity index (χ1v) is 5.84. The maximum absolute atomic E-state index is 4.11. The van der Waals surface area contributed by atoms with E-state index in [2.05, 4.69) is 45.2 Å². The van der Waals surface area contributed by atoms with Crippen molar-refractivity contribution in [3.63, 3.8) is 0 Å². The van der Waals surface area contributed by atoms with Gasteiger partial charge in [-0.25, -0.2) is 0 Å².